The van der Waals surface area contributed by atoms with E-state index in [2.05, 4.69) is 10.6 Å². The predicted molar refractivity (Wildman–Crippen MR) is 117 cm³/mol. The van der Waals surface area contributed by atoms with Crippen LogP contribution in [-0.2, 0) is 11.3 Å². The number of benzene rings is 2. The third-order valence-corrected chi connectivity index (χ3v) is 5.59. The summed E-state index contributed by atoms with van der Waals surface area (Å²) in [6, 6.07) is 17.2. The molecular formula is C23H28N4O3. The molecule has 2 aliphatic heterocycles. The van der Waals surface area contributed by atoms with E-state index < -0.39 is 0 Å². The van der Waals surface area contributed by atoms with E-state index in [-0.39, 0.29) is 12.1 Å². The Labute approximate surface area is 177 Å². The molecule has 0 bridgehead atoms. The molecule has 0 atom stereocenters. The number of urea groups is 2. The van der Waals surface area contributed by atoms with Crippen molar-refractivity contribution in [3.63, 3.8) is 0 Å². The summed E-state index contributed by atoms with van der Waals surface area (Å²) in [5.74, 6) is 0.438. The lowest BCUT2D eigenvalue weighted by molar-refractivity contribution is 0.0564. The van der Waals surface area contributed by atoms with Crippen molar-refractivity contribution in [1.82, 2.24) is 10.2 Å². The fourth-order valence-electron chi connectivity index (χ4n) is 3.94. The van der Waals surface area contributed by atoms with Gasteiger partial charge in [-0.25, -0.2) is 9.59 Å². The molecule has 4 rings (SSSR count). The smallest absolute Gasteiger partial charge is 0.322 e. The number of amides is 4. The number of carbonyl (C=O) groups is 2. The molecule has 2 fully saturated rings. The molecule has 158 valence electrons. The Hall–Kier alpha value is -3.06. The van der Waals surface area contributed by atoms with Crippen molar-refractivity contribution in [2.24, 2.45) is 5.92 Å². The maximum Gasteiger partial charge on any atom is 0.322 e. The minimum Gasteiger partial charge on any atom is -0.381 e. The predicted octanol–water partition coefficient (Wildman–Crippen LogP) is 3.68. The highest BCUT2D eigenvalue weighted by Gasteiger charge is 2.23. The van der Waals surface area contributed by atoms with Crippen LogP contribution in [0.1, 0.15) is 18.4 Å². The summed E-state index contributed by atoms with van der Waals surface area (Å²) in [7, 11) is 0. The average molecular weight is 409 g/mol. The molecule has 0 spiro atoms. The highest BCUT2D eigenvalue weighted by Crippen LogP contribution is 2.23. The zero-order valence-corrected chi connectivity index (χ0v) is 17.0. The van der Waals surface area contributed by atoms with Crippen LogP contribution in [0.3, 0.4) is 0 Å². The summed E-state index contributed by atoms with van der Waals surface area (Å²) in [4.78, 5) is 28.7. The molecule has 2 N–H and O–H groups in total. The SMILES string of the molecule is O=C(Nc1cccc(N2CCNC2=O)c1)N(Cc1ccccc1)CC1CCOCC1. The van der Waals surface area contributed by atoms with Gasteiger partial charge in [0.2, 0.25) is 0 Å². The van der Waals surface area contributed by atoms with Gasteiger partial charge in [0.05, 0.1) is 0 Å². The largest absolute Gasteiger partial charge is 0.381 e. The highest BCUT2D eigenvalue weighted by molar-refractivity contribution is 5.95. The second kappa shape index (κ2) is 9.63. The average Bonchev–Trinajstić information content (AvgIpc) is 3.21. The van der Waals surface area contributed by atoms with Gasteiger partial charge in [0.1, 0.15) is 0 Å². The summed E-state index contributed by atoms with van der Waals surface area (Å²) in [5, 5.41) is 5.83. The van der Waals surface area contributed by atoms with Gasteiger partial charge in [-0.2, -0.15) is 0 Å². The molecule has 4 amide bonds. The molecule has 30 heavy (non-hydrogen) atoms. The van der Waals surface area contributed by atoms with E-state index in [0.29, 0.717) is 37.8 Å². The minimum absolute atomic E-state index is 0.108. The van der Waals surface area contributed by atoms with Gasteiger partial charge in [0, 0.05) is 50.8 Å². The molecule has 2 aromatic carbocycles. The van der Waals surface area contributed by atoms with E-state index >= 15 is 0 Å². The summed E-state index contributed by atoms with van der Waals surface area (Å²) in [6.07, 6.45) is 1.94. The number of carbonyl (C=O) groups excluding carboxylic acids is 2. The molecule has 7 heteroatoms. The van der Waals surface area contributed by atoms with Crippen LogP contribution < -0.4 is 15.5 Å². The summed E-state index contributed by atoms with van der Waals surface area (Å²) >= 11 is 0. The maximum absolute atomic E-state index is 13.2. The second-order valence-corrected chi connectivity index (χ2v) is 7.79. The van der Waals surface area contributed by atoms with Crippen molar-refractivity contribution in [1.29, 1.82) is 0 Å². The number of nitrogens with one attached hydrogen (secondary N) is 2. The molecule has 2 saturated heterocycles. The van der Waals surface area contributed by atoms with E-state index in [4.69, 9.17) is 4.74 Å². The van der Waals surface area contributed by atoms with Gasteiger partial charge in [0.15, 0.2) is 0 Å². The van der Waals surface area contributed by atoms with Crippen molar-refractivity contribution >= 4 is 23.4 Å². The van der Waals surface area contributed by atoms with Crippen LogP contribution in [0.4, 0.5) is 21.0 Å². The first kappa shape index (κ1) is 20.2. The lowest BCUT2D eigenvalue weighted by Crippen LogP contribution is -2.39. The van der Waals surface area contributed by atoms with Gasteiger partial charge in [0.25, 0.3) is 0 Å². The Morgan fingerprint density at radius 3 is 2.67 bits per heavy atom. The van der Waals surface area contributed by atoms with Gasteiger partial charge < -0.3 is 20.3 Å². The van der Waals surface area contributed by atoms with Crippen LogP contribution >= 0.6 is 0 Å². The van der Waals surface area contributed by atoms with E-state index in [1.807, 2.05) is 59.5 Å². The van der Waals surface area contributed by atoms with Gasteiger partial charge in [-0.1, -0.05) is 36.4 Å². The molecule has 2 aromatic rings. The monoisotopic (exact) mass is 408 g/mol. The number of rotatable bonds is 6. The summed E-state index contributed by atoms with van der Waals surface area (Å²) < 4.78 is 5.47. The van der Waals surface area contributed by atoms with E-state index in [1.54, 1.807) is 4.90 Å². The molecule has 0 aliphatic carbocycles. The number of ether oxygens (including phenoxy) is 1. The van der Waals surface area contributed by atoms with Crippen LogP contribution in [0.15, 0.2) is 54.6 Å². The van der Waals surface area contributed by atoms with Crippen molar-refractivity contribution in [3.05, 3.63) is 60.2 Å². The fraction of sp³-hybridized carbons (Fsp3) is 0.391. The minimum atomic E-state index is -0.131. The number of nitrogens with zero attached hydrogens (tertiary/aromatic N) is 2. The normalized spacial score (nSPS) is 16.9. The number of hydrogen-bond donors (Lipinski definition) is 2. The Morgan fingerprint density at radius 1 is 1.13 bits per heavy atom. The number of hydrogen-bond acceptors (Lipinski definition) is 3. The van der Waals surface area contributed by atoms with Crippen LogP contribution in [0, 0.1) is 5.92 Å². The third-order valence-electron chi connectivity index (χ3n) is 5.59. The molecule has 2 aliphatic rings. The maximum atomic E-state index is 13.2. The standard InChI is InChI=1S/C23H28N4O3/c28-22-24-11-12-27(22)21-8-4-7-20(15-21)25-23(29)26(16-18-5-2-1-3-6-18)17-19-9-13-30-14-10-19/h1-8,15,19H,9-14,16-17H2,(H,24,28)(H,25,29). The van der Waals surface area contributed by atoms with Gasteiger partial charge in [-0.3, -0.25) is 4.90 Å². The molecule has 0 saturated carbocycles. The highest BCUT2D eigenvalue weighted by atomic mass is 16.5. The lowest BCUT2D eigenvalue weighted by Gasteiger charge is -2.30. The molecule has 0 radical (unpaired) electrons. The zero-order valence-electron chi connectivity index (χ0n) is 17.0. The summed E-state index contributed by atoms with van der Waals surface area (Å²) in [5.41, 5.74) is 2.56. The second-order valence-electron chi connectivity index (χ2n) is 7.79. The first-order valence-electron chi connectivity index (χ1n) is 10.5. The Bertz CT molecular complexity index is 868. The van der Waals surface area contributed by atoms with Crippen molar-refractivity contribution in [3.8, 4) is 0 Å². The van der Waals surface area contributed by atoms with Crippen molar-refractivity contribution in [2.75, 3.05) is 43.1 Å². The quantitative estimate of drug-likeness (QED) is 0.766. The first-order valence-corrected chi connectivity index (χ1v) is 10.5. The van der Waals surface area contributed by atoms with Gasteiger partial charge >= 0.3 is 12.1 Å². The van der Waals surface area contributed by atoms with Crippen molar-refractivity contribution < 1.29 is 14.3 Å². The molecule has 7 nitrogen and oxygen atoms in total. The van der Waals surface area contributed by atoms with Crippen molar-refractivity contribution in [2.45, 2.75) is 19.4 Å². The van der Waals surface area contributed by atoms with Crippen LogP contribution in [-0.4, -0.2) is 49.8 Å². The molecule has 0 aromatic heterocycles. The molecule has 0 unspecified atom stereocenters. The van der Waals surface area contributed by atoms with Crippen LogP contribution in [0.5, 0.6) is 0 Å². The Morgan fingerprint density at radius 2 is 1.93 bits per heavy atom. The fourth-order valence-corrected chi connectivity index (χ4v) is 3.94. The zero-order chi connectivity index (χ0) is 20.8. The lowest BCUT2D eigenvalue weighted by atomic mass is 9.99. The first-order chi connectivity index (χ1) is 14.7. The molecule has 2 heterocycles. The van der Waals surface area contributed by atoms with E-state index in [9.17, 15) is 9.59 Å². The Balaban J connectivity index is 1.47. The van der Waals surface area contributed by atoms with E-state index in [0.717, 1.165) is 37.3 Å². The van der Waals surface area contributed by atoms with Crippen LogP contribution in [0.2, 0.25) is 0 Å². The number of anilines is 2. The third kappa shape index (κ3) is 5.10. The van der Waals surface area contributed by atoms with Crippen LogP contribution in [0.25, 0.3) is 0 Å². The summed E-state index contributed by atoms with van der Waals surface area (Å²) in [6.45, 7) is 4.01. The molecular weight excluding hydrogens is 380 g/mol. The van der Waals surface area contributed by atoms with Gasteiger partial charge in [-0.05, 0) is 42.5 Å². The topological polar surface area (TPSA) is 73.9 Å². The Kier molecular flexibility index (Phi) is 6.49. The van der Waals surface area contributed by atoms with E-state index in [1.165, 1.54) is 0 Å². The van der Waals surface area contributed by atoms with Gasteiger partial charge in [-0.15, -0.1) is 0 Å².